The van der Waals surface area contributed by atoms with Gasteiger partial charge in [0.25, 0.3) is 0 Å². The summed E-state index contributed by atoms with van der Waals surface area (Å²) in [5, 5.41) is -0.439. The van der Waals surface area contributed by atoms with Gasteiger partial charge in [-0.15, -0.1) is 0 Å². The molecule has 0 spiro atoms. The Morgan fingerprint density at radius 3 is 1.64 bits per heavy atom. The Balaban J connectivity index is 2.15. The van der Waals surface area contributed by atoms with Gasteiger partial charge in [0, 0.05) is 0 Å². The van der Waals surface area contributed by atoms with Crippen LogP contribution in [-0.2, 0) is 13.1 Å². The van der Waals surface area contributed by atoms with Crippen LogP contribution in [0.4, 0.5) is 0 Å². The molecule has 4 rings (SSSR count). The van der Waals surface area contributed by atoms with E-state index in [4.69, 9.17) is 22.5 Å². The van der Waals surface area contributed by atoms with Crippen LogP contribution >= 0.6 is 27.8 Å². The van der Waals surface area contributed by atoms with Gasteiger partial charge in [-0.2, -0.15) is 0 Å². The van der Waals surface area contributed by atoms with Gasteiger partial charge in [-0.1, -0.05) is 0 Å². The van der Waals surface area contributed by atoms with E-state index in [9.17, 15) is 0 Å². The number of fused-ring (bicyclic) bond motifs is 2. The van der Waals surface area contributed by atoms with Gasteiger partial charge in [0.2, 0.25) is 0 Å². The van der Waals surface area contributed by atoms with Crippen molar-refractivity contribution in [3.05, 3.63) is 90.0 Å². The molecule has 0 N–H and O–H groups in total. The van der Waals surface area contributed by atoms with Gasteiger partial charge < -0.3 is 0 Å². The van der Waals surface area contributed by atoms with Crippen molar-refractivity contribution in [2.75, 3.05) is 7.05 Å². The molecule has 128 valence electrons. The molecule has 0 saturated carbocycles. The van der Waals surface area contributed by atoms with E-state index in [-0.39, 0.29) is 0 Å². The van der Waals surface area contributed by atoms with Crippen molar-refractivity contribution in [2.45, 2.75) is 13.1 Å². The zero-order chi connectivity index (χ0) is 17.5. The van der Waals surface area contributed by atoms with Crippen molar-refractivity contribution in [2.24, 2.45) is 0 Å². The molecule has 0 atom stereocenters. The Labute approximate surface area is 158 Å². The molecule has 1 nitrogen and oxygen atoms in total. The number of nitrogens with zero attached hydrogens (tertiary/aromatic N) is 1. The fraction of sp³-hybridized carbons (Fsp3) is 0.143. The molecule has 1 aliphatic rings. The third kappa shape index (κ3) is 2.62. The quantitative estimate of drug-likeness (QED) is 0.543. The molecular weight excluding hydrogens is 368 g/mol. The first kappa shape index (κ1) is 17.1. The molecule has 3 aromatic carbocycles. The normalized spacial score (nSPS) is 20.2. The first-order valence-corrected chi connectivity index (χ1v) is 12.4. The molecule has 0 fully saturated rings. The van der Waals surface area contributed by atoms with Gasteiger partial charge in [0.1, 0.15) is 0 Å². The summed E-state index contributed by atoms with van der Waals surface area (Å²) in [4.78, 5) is 2.31. The Bertz CT molecular complexity index is 870. The van der Waals surface area contributed by atoms with E-state index < -0.39 is 5.31 Å². The average molecular weight is 388 g/mol. The van der Waals surface area contributed by atoms with Crippen molar-refractivity contribution < 1.29 is 0 Å². The topological polar surface area (TPSA) is 3.24 Å². The molecule has 0 unspecified atom stereocenters. The SMILES string of the molecule is CN1Cc2ccccc2P(Cl)(Cl)(c2ccccc2)c2ccccc2C1. The number of hydrogen-bond acceptors (Lipinski definition) is 1. The first-order valence-electron chi connectivity index (χ1n) is 8.36. The van der Waals surface area contributed by atoms with E-state index >= 15 is 0 Å². The summed E-state index contributed by atoms with van der Waals surface area (Å²) in [6.07, 6.45) is 0. The van der Waals surface area contributed by atoms with Crippen LogP contribution in [-0.4, -0.2) is 11.9 Å². The fourth-order valence-corrected chi connectivity index (χ4v) is 9.95. The summed E-state index contributed by atoms with van der Waals surface area (Å²) in [6.45, 7) is 1.66. The molecule has 25 heavy (non-hydrogen) atoms. The van der Waals surface area contributed by atoms with Crippen LogP contribution in [0.25, 0.3) is 0 Å². The van der Waals surface area contributed by atoms with Crippen LogP contribution < -0.4 is 15.9 Å². The van der Waals surface area contributed by atoms with Crippen molar-refractivity contribution in [1.29, 1.82) is 0 Å². The molecule has 1 aliphatic heterocycles. The second kappa shape index (κ2) is 6.11. The maximum atomic E-state index is 7.62. The third-order valence-corrected chi connectivity index (χ3v) is 12.0. The number of benzene rings is 3. The summed E-state index contributed by atoms with van der Waals surface area (Å²) in [7, 11) is 2.14. The predicted molar refractivity (Wildman–Crippen MR) is 112 cm³/mol. The average Bonchev–Trinajstić information content (AvgIpc) is 2.62. The van der Waals surface area contributed by atoms with Gasteiger partial charge in [-0.25, -0.2) is 0 Å². The van der Waals surface area contributed by atoms with Crippen molar-refractivity contribution in [1.82, 2.24) is 4.90 Å². The van der Waals surface area contributed by atoms with Crippen LogP contribution in [0.5, 0.6) is 0 Å². The molecule has 0 bridgehead atoms. The Kier molecular flexibility index (Phi) is 4.17. The van der Waals surface area contributed by atoms with Crippen molar-refractivity contribution >= 4 is 43.7 Å². The van der Waals surface area contributed by atoms with Crippen LogP contribution in [0.2, 0.25) is 0 Å². The molecule has 0 amide bonds. The third-order valence-electron chi connectivity index (χ3n) is 4.92. The number of hydrogen-bond donors (Lipinski definition) is 0. The molecule has 0 aromatic heterocycles. The molecule has 3 aromatic rings. The van der Waals surface area contributed by atoms with Crippen LogP contribution in [0.15, 0.2) is 78.9 Å². The van der Waals surface area contributed by atoms with Gasteiger partial charge in [0.15, 0.2) is 0 Å². The van der Waals surface area contributed by atoms with E-state index in [1.54, 1.807) is 0 Å². The van der Waals surface area contributed by atoms with E-state index in [2.05, 4.69) is 60.5 Å². The summed E-state index contributed by atoms with van der Waals surface area (Å²) < 4.78 is 0. The predicted octanol–water partition coefficient (Wildman–Crippen LogP) is 4.77. The molecule has 0 radical (unpaired) electrons. The Morgan fingerprint density at radius 1 is 0.680 bits per heavy atom. The minimum absolute atomic E-state index is 0.828. The molecule has 0 aliphatic carbocycles. The zero-order valence-corrected chi connectivity index (χ0v) is 16.5. The maximum absolute atomic E-state index is 7.62. The Morgan fingerprint density at radius 2 is 1.12 bits per heavy atom. The second-order valence-corrected chi connectivity index (χ2v) is 14.5. The standard InChI is InChI=1S/C21H20Cl2NP/c1-24-15-17-9-5-7-13-20(17)25(22,23,19-11-3-2-4-12-19)21-14-8-6-10-18(21)16-24/h2-14H,15-16H2,1H3. The minimum atomic E-state index is -3.56. The van der Waals surface area contributed by atoms with Crippen LogP contribution in [0.3, 0.4) is 0 Å². The van der Waals surface area contributed by atoms with Crippen molar-refractivity contribution in [3.63, 3.8) is 0 Å². The van der Waals surface area contributed by atoms with E-state index in [1.807, 2.05) is 30.3 Å². The second-order valence-electron chi connectivity index (χ2n) is 6.67. The van der Waals surface area contributed by atoms with E-state index in [1.165, 1.54) is 11.1 Å². The monoisotopic (exact) mass is 387 g/mol. The number of halogens is 2. The van der Waals surface area contributed by atoms with E-state index in [0.29, 0.717) is 0 Å². The summed E-state index contributed by atoms with van der Waals surface area (Å²) in [5.74, 6) is 0. The summed E-state index contributed by atoms with van der Waals surface area (Å²) in [5.41, 5.74) is 2.40. The molecule has 4 heteroatoms. The van der Waals surface area contributed by atoms with Crippen LogP contribution in [0, 0.1) is 0 Å². The van der Waals surface area contributed by atoms with Gasteiger partial charge in [-0.3, -0.25) is 0 Å². The zero-order valence-electron chi connectivity index (χ0n) is 14.1. The Hall–Kier alpha value is -1.37. The van der Waals surface area contributed by atoms with Gasteiger partial charge in [0.05, 0.1) is 0 Å². The first-order chi connectivity index (χ1) is 12.0. The fourth-order valence-electron chi connectivity index (χ4n) is 3.79. The van der Waals surface area contributed by atoms with Crippen LogP contribution in [0.1, 0.15) is 11.1 Å². The molecular formula is C21H20Cl2NP. The van der Waals surface area contributed by atoms with Gasteiger partial charge in [-0.05, 0) is 0 Å². The molecule has 0 saturated heterocycles. The summed E-state index contributed by atoms with van der Waals surface area (Å²) in [6, 6.07) is 26.9. The van der Waals surface area contributed by atoms with Crippen molar-refractivity contribution in [3.8, 4) is 0 Å². The van der Waals surface area contributed by atoms with Gasteiger partial charge >= 0.3 is 159 Å². The van der Waals surface area contributed by atoms with E-state index in [0.717, 1.165) is 29.0 Å². The number of rotatable bonds is 1. The summed E-state index contributed by atoms with van der Waals surface area (Å²) >= 11 is 15.2. The molecule has 1 heterocycles.